The van der Waals surface area contributed by atoms with Crippen LogP contribution in [0, 0.1) is 6.92 Å². The van der Waals surface area contributed by atoms with Crippen molar-refractivity contribution < 1.29 is 18.3 Å². The molecule has 1 saturated heterocycles. The highest BCUT2D eigenvalue weighted by molar-refractivity contribution is 5.89. The maximum atomic E-state index is 13.0. The molecule has 110 valence electrons. The molecule has 0 aliphatic carbocycles. The van der Waals surface area contributed by atoms with Gasteiger partial charge >= 0.3 is 5.97 Å². The number of hydrogen-bond acceptors (Lipinski definition) is 3. The lowest BCUT2D eigenvalue weighted by Crippen LogP contribution is -2.41. The van der Waals surface area contributed by atoms with Crippen molar-refractivity contribution in [1.82, 2.24) is 4.90 Å². The lowest BCUT2D eigenvalue weighted by Gasteiger charge is -2.31. The Labute approximate surface area is 117 Å². The van der Waals surface area contributed by atoms with Crippen molar-refractivity contribution in [3.8, 4) is 0 Å². The van der Waals surface area contributed by atoms with E-state index in [1.54, 1.807) is 18.2 Å². The number of halogens is 2. The Morgan fingerprint density at radius 1 is 1.35 bits per heavy atom. The first-order valence-electron chi connectivity index (χ1n) is 6.80. The third kappa shape index (κ3) is 4.27. The van der Waals surface area contributed by atoms with Crippen molar-refractivity contribution in [3.05, 3.63) is 35.4 Å². The molecule has 0 unspecified atom stereocenters. The third-order valence-corrected chi connectivity index (χ3v) is 3.48. The molecule has 1 heterocycles. The highest BCUT2D eigenvalue weighted by Crippen LogP contribution is 2.27. The molecule has 0 bridgehead atoms. The zero-order valence-electron chi connectivity index (χ0n) is 11.6. The molecule has 5 heteroatoms. The molecule has 0 N–H and O–H groups in total. The minimum Gasteiger partial charge on any atom is -0.461 e. The largest absolute Gasteiger partial charge is 0.461 e. The molecule has 0 amide bonds. The fraction of sp³-hybridized carbons (Fsp3) is 0.533. The van der Waals surface area contributed by atoms with Crippen LogP contribution in [0.25, 0.3) is 0 Å². The predicted molar refractivity (Wildman–Crippen MR) is 72.1 cm³/mol. The van der Waals surface area contributed by atoms with Gasteiger partial charge in [0.15, 0.2) is 0 Å². The van der Waals surface area contributed by atoms with Crippen molar-refractivity contribution in [2.45, 2.75) is 25.7 Å². The van der Waals surface area contributed by atoms with Crippen molar-refractivity contribution in [3.63, 3.8) is 0 Å². The summed E-state index contributed by atoms with van der Waals surface area (Å²) in [5.41, 5.74) is 1.52. The number of carbonyl (C=O) groups excluding carboxylic acids is 1. The van der Waals surface area contributed by atoms with E-state index in [4.69, 9.17) is 4.74 Å². The highest BCUT2D eigenvalue weighted by atomic mass is 19.3. The summed E-state index contributed by atoms with van der Waals surface area (Å²) in [6, 6.07) is 7.18. The number of nitrogens with zero attached hydrogens (tertiary/aromatic N) is 1. The molecule has 1 aromatic carbocycles. The van der Waals surface area contributed by atoms with E-state index in [1.807, 2.05) is 17.9 Å². The van der Waals surface area contributed by atoms with Gasteiger partial charge in [-0.05, 0) is 19.1 Å². The first kappa shape index (κ1) is 14.9. The Morgan fingerprint density at radius 2 is 2.05 bits per heavy atom. The van der Waals surface area contributed by atoms with Crippen LogP contribution in [0.15, 0.2) is 24.3 Å². The van der Waals surface area contributed by atoms with Gasteiger partial charge < -0.3 is 4.74 Å². The van der Waals surface area contributed by atoms with Gasteiger partial charge in [0.05, 0.1) is 5.56 Å². The van der Waals surface area contributed by atoms with Crippen LogP contribution < -0.4 is 0 Å². The second-order valence-electron chi connectivity index (χ2n) is 5.20. The van der Waals surface area contributed by atoms with Crippen LogP contribution in [0.3, 0.4) is 0 Å². The average Bonchev–Trinajstić information content (AvgIpc) is 2.40. The maximum absolute atomic E-state index is 13.0. The molecule has 0 spiro atoms. The highest BCUT2D eigenvalue weighted by Gasteiger charge is 2.33. The minimum absolute atomic E-state index is 0.112. The Balaban J connectivity index is 1.72. The van der Waals surface area contributed by atoms with Gasteiger partial charge in [-0.15, -0.1) is 0 Å². The lowest BCUT2D eigenvalue weighted by atomic mass is 10.1. The molecule has 0 atom stereocenters. The number of alkyl halides is 2. The summed E-state index contributed by atoms with van der Waals surface area (Å²) in [7, 11) is 0. The van der Waals surface area contributed by atoms with Gasteiger partial charge in [0.2, 0.25) is 0 Å². The standard InChI is InChI=1S/C15H19F2NO2/c1-12-3-2-4-13(11-12)14(19)20-10-9-18-7-5-15(16,17)6-8-18/h2-4,11H,5-10H2,1H3. The van der Waals surface area contributed by atoms with Crippen molar-refractivity contribution >= 4 is 5.97 Å². The summed E-state index contributed by atoms with van der Waals surface area (Å²) in [4.78, 5) is 13.7. The summed E-state index contributed by atoms with van der Waals surface area (Å²) in [5, 5.41) is 0. The second-order valence-corrected chi connectivity index (χ2v) is 5.20. The zero-order valence-corrected chi connectivity index (χ0v) is 11.6. The van der Waals surface area contributed by atoms with Crippen LogP contribution in [0.2, 0.25) is 0 Å². The first-order valence-corrected chi connectivity index (χ1v) is 6.80. The number of hydrogen-bond donors (Lipinski definition) is 0. The summed E-state index contributed by atoms with van der Waals surface area (Å²) in [5.74, 6) is -2.90. The minimum atomic E-state index is -2.53. The van der Waals surface area contributed by atoms with E-state index in [2.05, 4.69) is 0 Å². The molecule has 0 aromatic heterocycles. The van der Waals surface area contributed by atoms with Crippen molar-refractivity contribution in [2.24, 2.45) is 0 Å². The topological polar surface area (TPSA) is 29.5 Å². The maximum Gasteiger partial charge on any atom is 0.338 e. The quantitative estimate of drug-likeness (QED) is 0.796. The fourth-order valence-electron chi connectivity index (χ4n) is 2.23. The summed E-state index contributed by atoms with van der Waals surface area (Å²) in [6.45, 7) is 3.36. The van der Waals surface area contributed by atoms with Crippen LogP contribution in [0.4, 0.5) is 8.78 Å². The molecule has 20 heavy (non-hydrogen) atoms. The molecule has 1 aromatic rings. The van der Waals surface area contributed by atoms with Crippen LogP contribution >= 0.6 is 0 Å². The summed E-state index contributed by atoms with van der Waals surface area (Å²) in [6.07, 6.45) is -0.225. The van der Waals surface area contributed by atoms with Gasteiger partial charge in [0.25, 0.3) is 5.92 Å². The van der Waals surface area contributed by atoms with Crippen LogP contribution in [-0.2, 0) is 4.74 Å². The van der Waals surface area contributed by atoms with Gasteiger partial charge in [0.1, 0.15) is 6.61 Å². The number of benzene rings is 1. The van der Waals surface area contributed by atoms with E-state index in [-0.39, 0.29) is 25.4 Å². The summed E-state index contributed by atoms with van der Waals surface area (Å²) >= 11 is 0. The Bertz CT molecular complexity index is 467. The van der Waals surface area contributed by atoms with E-state index in [1.165, 1.54) is 0 Å². The molecule has 1 aliphatic rings. The Morgan fingerprint density at radius 3 is 2.70 bits per heavy atom. The number of piperidine rings is 1. The molecular formula is C15H19F2NO2. The number of aryl methyl sites for hydroxylation is 1. The smallest absolute Gasteiger partial charge is 0.338 e. The van der Waals surface area contributed by atoms with Crippen molar-refractivity contribution in [1.29, 1.82) is 0 Å². The monoisotopic (exact) mass is 283 g/mol. The number of esters is 1. The predicted octanol–water partition coefficient (Wildman–Crippen LogP) is 2.88. The van der Waals surface area contributed by atoms with Crippen molar-refractivity contribution in [2.75, 3.05) is 26.2 Å². The van der Waals surface area contributed by atoms with Gasteiger partial charge in [-0.1, -0.05) is 17.7 Å². The van der Waals surface area contributed by atoms with Gasteiger partial charge in [0, 0.05) is 32.5 Å². The lowest BCUT2D eigenvalue weighted by molar-refractivity contribution is -0.0576. The normalized spacial score (nSPS) is 18.8. The Kier molecular flexibility index (Phi) is 4.70. The molecule has 1 aliphatic heterocycles. The number of ether oxygens (including phenoxy) is 1. The molecule has 0 saturated carbocycles. The van der Waals surface area contributed by atoms with Gasteiger partial charge in [-0.3, -0.25) is 4.90 Å². The molecular weight excluding hydrogens is 264 g/mol. The van der Waals surface area contributed by atoms with E-state index in [0.717, 1.165) is 5.56 Å². The number of carbonyl (C=O) groups is 1. The third-order valence-electron chi connectivity index (χ3n) is 3.48. The van der Waals surface area contributed by atoms with Crippen LogP contribution in [-0.4, -0.2) is 43.0 Å². The molecule has 2 rings (SSSR count). The number of likely N-dealkylation sites (tertiary alicyclic amines) is 1. The first-order chi connectivity index (χ1) is 9.46. The average molecular weight is 283 g/mol. The second kappa shape index (κ2) is 6.31. The molecule has 3 nitrogen and oxygen atoms in total. The van der Waals surface area contributed by atoms with E-state index in [0.29, 0.717) is 25.2 Å². The molecule has 1 fully saturated rings. The van der Waals surface area contributed by atoms with E-state index < -0.39 is 5.92 Å². The van der Waals surface area contributed by atoms with Crippen LogP contribution in [0.5, 0.6) is 0 Å². The molecule has 0 radical (unpaired) electrons. The van der Waals surface area contributed by atoms with Crippen LogP contribution in [0.1, 0.15) is 28.8 Å². The van der Waals surface area contributed by atoms with E-state index >= 15 is 0 Å². The number of rotatable bonds is 4. The van der Waals surface area contributed by atoms with E-state index in [9.17, 15) is 13.6 Å². The van der Waals surface area contributed by atoms with Gasteiger partial charge in [-0.25, -0.2) is 13.6 Å². The SMILES string of the molecule is Cc1cccc(C(=O)OCCN2CCC(F)(F)CC2)c1. The van der Waals surface area contributed by atoms with Gasteiger partial charge in [-0.2, -0.15) is 0 Å². The fourth-order valence-corrected chi connectivity index (χ4v) is 2.23. The Hall–Kier alpha value is -1.49. The zero-order chi connectivity index (χ0) is 14.6. The summed E-state index contributed by atoms with van der Waals surface area (Å²) < 4.78 is 31.1.